The van der Waals surface area contributed by atoms with Gasteiger partial charge in [-0.3, -0.25) is 15.3 Å². The summed E-state index contributed by atoms with van der Waals surface area (Å²) in [6.07, 6.45) is 2.14. The van der Waals surface area contributed by atoms with Crippen molar-refractivity contribution in [1.29, 1.82) is 0 Å². The number of nitrogens with two attached hydrogens (primary N) is 2. The minimum atomic E-state index is 0.285. The van der Waals surface area contributed by atoms with Crippen molar-refractivity contribution in [2.24, 2.45) is 21.5 Å². The number of unbranched alkanes of at least 4 members (excludes halogenated alkanes) is 1. The third-order valence-corrected chi connectivity index (χ3v) is 1.29. The maximum Gasteiger partial charge on any atom is 0.195 e. The summed E-state index contributed by atoms with van der Waals surface area (Å²) in [5, 5.41) is 2.64. The van der Waals surface area contributed by atoms with Crippen LogP contribution in [0.25, 0.3) is 0 Å². The third-order valence-electron chi connectivity index (χ3n) is 1.29. The van der Waals surface area contributed by atoms with E-state index in [1.807, 2.05) is 13.8 Å². The first-order valence-corrected chi connectivity index (χ1v) is 5.00. The predicted molar refractivity (Wildman–Crippen MR) is 63.4 cm³/mol. The van der Waals surface area contributed by atoms with Crippen molar-refractivity contribution in [2.45, 2.75) is 33.6 Å². The highest BCUT2D eigenvalue weighted by atomic mass is 15.2. The van der Waals surface area contributed by atoms with E-state index in [2.05, 4.69) is 22.2 Å². The SMILES string of the molecule is CC.CCCCN=C(N)NC(N)=NC. The molecule has 0 aliphatic carbocycles. The molecule has 5 nitrogen and oxygen atoms in total. The molecule has 14 heavy (non-hydrogen) atoms. The van der Waals surface area contributed by atoms with Crippen LogP contribution in [-0.2, 0) is 0 Å². The lowest BCUT2D eigenvalue weighted by atomic mass is 10.3. The van der Waals surface area contributed by atoms with Crippen LogP contribution in [-0.4, -0.2) is 25.5 Å². The first-order chi connectivity index (χ1) is 6.70. The van der Waals surface area contributed by atoms with E-state index in [-0.39, 0.29) is 5.96 Å². The first-order valence-electron chi connectivity index (χ1n) is 5.00. The van der Waals surface area contributed by atoms with E-state index in [1.165, 1.54) is 0 Å². The van der Waals surface area contributed by atoms with Crippen molar-refractivity contribution in [1.82, 2.24) is 5.32 Å². The number of aliphatic imine (C=N–C) groups is 2. The summed E-state index contributed by atoms with van der Waals surface area (Å²) in [7, 11) is 1.58. The molecule has 0 fully saturated rings. The molecule has 5 heteroatoms. The fraction of sp³-hybridized carbons (Fsp3) is 0.778. The fourth-order valence-electron chi connectivity index (χ4n) is 0.584. The Hall–Kier alpha value is -1.26. The van der Waals surface area contributed by atoms with Gasteiger partial charge in [0, 0.05) is 13.6 Å². The normalized spacial score (nSPS) is 11.7. The van der Waals surface area contributed by atoms with Gasteiger partial charge in [0.15, 0.2) is 11.9 Å². The van der Waals surface area contributed by atoms with Crippen LogP contribution in [0, 0.1) is 0 Å². The largest absolute Gasteiger partial charge is 0.370 e. The van der Waals surface area contributed by atoms with Gasteiger partial charge in [0.05, 0.1) is 0 Å². The van der Waals surface area contributed by atoms with Crippen LogP contribution in [0.1, 0.15) is 33.6 Å². The third kappa shape index (κ3) is 10.7. The second-order valence-electron chi connectivity index (χ2n) is 2.35. The smallest absolute Gasteiger partial charge is 0.195 e. The number of hydrogen-bond donors (Lipinski definition) is 3. The Morgan fingerprint density at radius 3 is 2.21 bits per heavy atom. The summed E-state index contributed by atoms with van der Waals surface area (Å²) >= 11 is 0. The van der Waals surface area contributed by atoms with Crippen LogP contribution < -0.4 is 16.8 Å². The Morgan fingerprint density at radius 2 is 1.79 bits per heavy atom. The zero-order valence-corrected chi connectivity index (χ0v) is 9.67. The molecule has 0 aromatic rings. The molecule has 0 atom stereocenters. The number of rotatable bonds is 3. The highest BCUT2D eigenvalue weighted by molar-refractivity contribution is 5.96. The van der Waals surface area contributed by atoms with Crippen LogP contribution in [0.5, 0.6) is 0 Å². The average molecular weight is 201 g/mol. The fourth-order valence-corrected chi connectivity index (χ4v) is 0.584. The van der Waals surface area contributed by atoms with Crippen LogP contribution in [0.15, 0.2) is 9.98 Å². The lowest BCUT2D eigenvalue weighted by molar-refractivity contribution is 0.804. The number of guanidine groups is 2. The Bertz CT molecular complexity index is 174. The standard InChI is InChI=1S/C7H17N5.C2H6/c1-3-4-5-11-7(9)12-6(8)10-2;1-2/h3-5H2,1-2H3,(H5,8,9,10,11,12);1-2H3. The van der Waals surface area contributed by atoms with Crippen LogP contribution in [0.3, 0.4) is 0 Å². The maximum absolute atomic E-state index is 5.47. The Balaban J connectivity index is 0. The van der Waals surface area contributed by atoms with Crippen molar-refractivity contribution in [3.8, 4) is 0 Å². The zero-order chi connectivity index (χ0) is 11.4. The number of nitrogens with zero attached hydrogens (tertiary/aromatic N) is 2. The van der Waals surface area contributed by atoms with Crippen molar-refractivity contribution in [3.05, 3.63) is 0 Å². The molecular formula is C9H23N5. The molecule has 0 amide bonds. The van der Waals surface area contributed by atoms with Gasteiger partial charge in [0.25, 0.3) is 0 Å². The second kappa shape index (κ2) is 11.7. The minimum absolute atomic E-state index is 0.285. The first kappa shape index (κ1) is 15.2. The highest BCUT2D eigenvalue weighted by Gasteiger charge is 1.91. The zero-order valence-electron chi connectivity index (χ0n) is 9.67. The Kier molecular flexibility index (Phi) is 12.8. The lowest BCUT2D eigenvalue weighted by Crippen LogP contribution is -2.41. The maximum atomic E-state index is 5.47. The molecular weight excluding hydrogens is 178 g/mol. The lowest BCUT2D eigenvalue weighted by Gasteiger charge is -2.02. The van der Waals surface area contributed by atoms with Gasteiger partial charge in [-0.1, -0.05) is 27.2 Å². The molecule has 0 radical (unpaired) electrons. The van der Waals surface area contributed by atoms with Gasteiger partial charge < -0.3 is 11.5 Å². The molecule has 84 valence electrons. The molecule has 0 spiro atoms. The molecule has 0 bridgehead atoms. The van der Waals surface area contributed by atoms with Crippen LogP contribution in [0.4, 0.5) is 0 Å². The summed E-state index contributed by atoms with van der Waals surface area (Å²) < 4.78 is 0. The number of nitrogens with one attached hydrogen (secondary N) is 1. The van der Waals surface area contributed by atoms with Crippen molar-refractivity contribution in [2.75, 3.05) is 13.6 Å². The highest BCUT2D eigenvalue weighted by Crippen LogP contribution is 1.85. The van der Waals surface area contributed by atoms with Gasteiger partial charge in [-0.15, -0.1) is 0 Å². The van der Waals surface area contributed by atoms with Crippen molar-refractivity contribution < 1.29 is 0 Å². The van der Waals surface area contributed by atoms with E-state index in [0.29, 0.717) is 5.96 Å². The summed E-state index contributed by atoms with van der Waals surface area (Å²) in [5.74, 6) is 0.610. The molecule has 0 saturated heterocycles. The Morgan fingerprint density at radius 1 is 1.21 bits per heavy atom. The van der Waals surface area contributed by atoms with E-state index in [1.54, 1.807) is 7.05 Å². The molecule has 0 aliphatic rings. The second-order valence-corrected chi connectivity index (χ2v) is 2.35. The monoisotopic (exact) mass is 201 g/mol. The molecule has 0 aliphatic heterocycles. The molecule has 0 unspecified atom stereocenters. The molecule has 0 heterocycles. The summed E-state index contributed by atoms with van der Waals surface area (Å²) in [6.45, 7) is 6.83. The summed E-state index contributed by atoms with van der Waals surface area (Å²) in [6, 6.07) is 0. The van der Waals surface area contributed by atoms with Gasteiger partial charge in [-0.2, -0.15) is 0 Å². The van der Waals surface area contributed by atoms with Gasteiger partial charge in [0.2, 0.25) is 0 Å². The van der Waals surface area contributed by atoms with Crippen molar-refractivity contribution in [3.63, 3.8) is 0 Å². The summed E-state index contributed by atoms with van der Waals surface area (Å²) in [5.41, 5.74) is 10.8. The van der Waals surface area contributed by atoms with Gasteiger partial charge in [-0.05, 0) is 6.42 Å². The molecule has 5 N–H and O–H groups in total. The average Bonchev–Trinajstić information content (AvgIpc) is 2.21. The molecule has 0 aromatic carbocycles. The van der Waals surface area contributed by atoms with Gasteiger partial charge in [-0.25, -0.2) is 0 Å². The summed E-state index contributed by atoms with van der Waals surface area (Å²) in [4.78, 5) is 7.70. The van der Waals surface area contributed by atoms with Crippen LogP contribution >= 0.6 is 0 Å². The topological polar surface area (TPSA) is 88.8 Å². The molecule has 0 aromatic heterocycles. The predicted octanol–water partition coefficient (Wildman–Crippen LogP) is 0.662. The van der Waals surface area contributed by atoms with E-state index >= 15 is 0 Å². The van der Waals surface area contributed by atoms with E-state index < -0.39 is 0 Å². The quantitative estimate of drug-likeness (QED) is 0.356. The van der Waals surface area contributed by atoms with Crippen molar-refractivity contribution >= 4 is 11.9 Å². The van der Waals surface area contributed by atoms with E-state index in [4.69, 9.17) is 11.5 Å². The molecule has 0 saturated carbocycles. The Labute approximate surface area is 86.7 Å². The minimum Gasteiger partial charge on any atom is -0.370 e. The van der Waals surface area contributed by atoms with E-state index in [9.17, 15) is 0 Å². The van der Waals surface area contributed by atoms with Crippen LogP contribution in [0.2, 0.25) is 0 Å². The van der Waals surface area contributed by atoms with E-state index in [0.717, 1.165) is 19.4 Å². The van der Waals surface area contributed by atoms with Gasteiger partial charge >= 0.3 is 0 Å². The number of hydrogen-bond acceptors (Lipinski definition) is 2. The molecule has 0 rings (SSSR count). The van der Waals surface area contributed by atoms with Gasteiger partial charge in [0.1, 0.15) is 0 Å².